The first-order valence-corrected chi connectivity index (χ1v) is 13.0. The first-order valence-electron chi connectivity index (χ1n) is 9.83. The molecule has 0 atom stereocenters. The molecule has 31 heavy (non-hydrogen) atoms. The van der Waals surface area contributed by atoms with Gasteiger partial charge in [0.25, 0.3) is 0 Å². The summed E-state index contributed by atoms with van der Waals surface area (Å²) in [6.45, 7) is 4.17. The fourth-order valence-electron chi connectivity index (χ4n) is 3.08. The number of hydrogen-bond donors (Lipinski definition) is 0. The van der Waals surface area contributed by atoms with Gasteiger partial charge in [-0.15, -0.1) is 34.9 Å². The van der Waals surface area contributed by atoms with E-state index in [1.165, 1.54) is 0 Å². The molecule has 0 aliphatic carbocycles. The van der Waals surface area contributed by atoms with Gasteiger partial charge in [-0.05, 0) is 65.6 Å². The summed E-state index contributed by atoms with van der Waals surface area (Å²) < 4.78 is 12.3. The maximum Gasteiger partial charge on any atom is 0.195 e. The Morgan fingerprint density at radius 2 is 1.48 bits per heavy atom. The molecule has 1 aromatic heterocycles. The van der Waals surface area contributed by atoms with Crippen molar-refractivity contribution in [2.24, 2.45) is 0 Å². The van der Waals surface area contributed by atoms with Crippen LogP contribution in [0.25, 0.3) is 10.4 Å². The van der Waals surface area contributed by atoms with Crippen molar-refractivity contribution in [2.45, 2.75) is 18.1 Å². The number of ether oxygens (including phenoxy) is 2. The number of thiophene rings is 1. The van der Waals surface area contributed by atoms with Gasteiger partial charge >= 0.3 is 0 Å². The van der Waals surface area contributed by atoms with E-state index in [4.69, 9.17) is 21.7 Å². The summed E-state index contributed by atoms with van der Waals surface area (Å²) >= 11 is 10.7. The third-order valence-corrected chi connectivity index (χ3v) is 8.27. The maximum absolute atomic E-state index is 13.7. The fraction of sp³-hybridized carbons (Fsp3) is 0.250. The Morgan fingerprint density at radius 1 is 0.903 bits per heavy atom. The van der Waals surface area contributed by atoms with Crippen molar-refractivity contribution in [2.75, 3.05) is 25.7 Å². The van der Waals surface area contributed by atoms with Crippen LogP contribution in [0.1, 0.15) is 35.3 Å². The minimum Gasteiger partial charge on any atom is -0.497 e. The summed E-state index contributed by atoms with van der Waals surface area (Å²) in [5.74, 6) is 3.23. The number of thiocarbonyl (C=S) groups is 1. The Balaban J connectivity index is 2.19. The van der Waals surface area contributed by atoms with Crippen molar-refractivity contribution < 1.29 is 14.3 Å². The van der Waals surface area contributed by atoms with Gasteiger partial charge in [-0.25, -0.2) is 0 Å². The van der Waals surface area contributed by atoms with Crippen LogP contribution in [0.2, 0.25) is 0 Å². The van der Waals surface area contributed by atoms with Crippen molar-refractivity contribution in [1.29, 1.82) is 0 Å². The fourth-order valence-corrected chi connectivity index (χ4v) is 6.86. The highest BCUT2D eigenvalue weighted by atomic mass is 32.2. The first-order chi connectivity index (χ1) is 15.0. The molecule has 0 spiro atoms. The van der Waals surface area contributed by atoms with Crippen LogP contribution in [0, 0.1) is 0 Å². The van der Waals surface area contributed by atoms with E-state index in [9.17, 15) is 4.79 Å². The molecule has 0 N–H and O–H groups in total. The molecule has 3 nitrogen and oxygen atoms in total. The molecule has 0 amide bonds. The number of rotatable bonds is 9. The third-order valence-electron chi connectivity index (χ3n) is 4.56. The van der Waals surface area contributed by atoms with Crippen LogP contribution in [0.15, 0.2) is 52.7 Å². The summed E-state index contributed by atoms with van der Waals surface area (Å²) in [6, 6.07) is 15.2. The smallest absolute Gasteiger partial charge is 0.195 e. The molecule has 0 saturated heterocycles. The number of ketones is 1. The Bertz CT molecular complexity index is 1050. The van der Waals surface area contributed by atoms with E-state index in [-0.39, 0.29) is 5.78 Å². The topological polar surface area (TPSA) is 35.5 Å². The SMILES string of the molecule is CCSC(=S)c1c(-c2ccc(OC)cc2)sc(SCC)c1C(=O)c1ccc(OC)cc1. The van der Waals surface area contributed by atoms with Gasteiger partial charge in [0.1, 0.15) is 11.5 Å². The lowest BCUT2D eigenvalue weighted by atomic mass is 9.99. The second-order valence-corrected chi connectivity index (χ2v) is 10.9. The number of hydrogen-bond acceptors (Lipinski definition) is 7. The molecule has 0 fully saturated rings. The van der Waals surface area contributed by atoms with Gasteiger partial charge in [-0.1, -0.05) is 26.1 Å². The second kappa shape index (κ2) is 11.2. The lowest BCUT2D eigenvalue weighted by molar-refractivity contribution is 0.103. The first kappa shape index (κ1) is 23.9. The predicted molar refractivity (Wildman–Crippen MR) is 139 cm³/mol. The number of carbonyl (C=O) groups is 1. The average Bonchev–Trinajstić information content (AvgIpc) is 3.18. The Hall–Kier alpha value is -1.80. The van der Waals surface area contributed by atoms with E-state index in [1.54, 1.807) is 49.1 Å². The molecule has 0 aliphatic rings. The van der Waals surface area contributed by atoms with Crippen LogP contribution in [0.3, 0.4) is 0 Å². The number of thioether (sulfide) groups is 2. The molecule has 0 aliphatic heterocycles. The third kappa shape index (κ3) is 5.34. The van der Waals surface area contributed by atoms with Gasteiger partial charge in [-0.2, -0.15) is 0 Å². The Kier molecular flexibility index (Phi) is 8.60. The minimum atomic E-state index is -0.0105. The van der Waals surface area contributed by atoms with Crippen LogP contribution in [0.5, 0.6) is 11.5 Å². The molecule has 3 aromatic rings. The highest BCUT2D eigenvalue weighted by molar-refractivity contribution is 8.23. The van der Waals surface area contributed by atoms with Crippen molar-refractivity contribution >= 4 is 57.1 Å². The zero-order chi connectivity index (χ0) is 22.4. The largest absolute Gasteiger partial charge is 0.497 e. The zero-order valence-electron chi connectivity index (χ0n) is 17.9. The van der Waals surface area contributed by atoms with Crippen LogP contribution in [-0.2, 0) is 0 Å². The van der Waals surface area contributed by atoms with Crippen molar-refractivity contribution in [3.63, 3.8) is 0 Å². The Morgan fingerprint density at radius 3 is 2.00 bits per heavy atom. The highest BCUT2D eigenvalue weighted by Crippen LogP contribution is 2.45. The Labute approximate surface area is 201 Å². The average molecular weight is 489 g/mol. The van der Waals surface area contributed by atoms with Crippen molar-refractivity contribution in [3.8, 4) is 21.9 Å². The molecule has 0 radical (unpaired) electrons. The quantitative estimate of drug-likeness (QED) is 0.180. The summed E-state index contributed by atoms with van der Waals surface area (Å²) in [5.41, 5.74) is 3.24. The molecular weight excluding hydrogens is 465 g/mol. The molecule has 2 aromatic carbocycles. The van der Waals surface area contributed by atoms with E-state index in [0.717, 1.165) is 47.4 Å². The molecule has 0 bridgehead atoms. The van der Waals surface area contributed by atoms with Crippen molar-refractivity contribution in [3.05, 3.63) is 65.2 Å². The van der Waals surface area contributed by atoms with E-state index < -0.39 is 0 Å². The van der Waals surface area contributed by atoms with Crippen LogP contribution in [-0.4, -0.2) is 35.7 Å². The summed E-state index contributed by atoms with van der Waals surface area (Å²) in [7, 11) is 3.27. The van der Waals surface area contributed by atoms with Gasteiger partial charge < -0.3 is 9.47 Å². The number of benzene rings is 2. The van der Waals surface area contributed by atoms with E-state index in [1.807, 2.05) is 48.5 Å². The second-order valence-electron chi connectivity index (χ2n) is 6.41. The van der Waals surface area contributed by atoms with Gasteiger partial charge in [0.2, 0.25) is 0 Å². The zero-order valence-corrected chi connectivity index (χ0v) is 21.2. The standard InChI is InChI=1S/C24H24O3S4/c1-5-29-23(28)20-19(21(25)15-7-11-17(26-3)12-8-15)24(30-6-2)31-22(20)16-9-13-18(27-4)14-10-16/h7-14H,5-6H2,1-4H3. The van der Waals surface area contributed by atoms with Crippen LogP contribution < -0.4 is 9.47 Å². The molecular formula is C24H24O3S4. The summed E-state index contributed by atoms with van der Waals surface area (Å²) in [6.07, 6.45) is 0. The number of carbonyl (C=O) groups excluding carboxylic acids is 1. The van der Waals surface area contributed by atoms with Crippen molar-refractivity contribution in [1.82, 2.24) is 0 Å². The number of methoxy groups -OCH3 is 2. The van der Waals surface area contributed by atoms with E-state index in [0.29, 0.717) is 11.1 Å². The van der Waals surface area contributed by atoms with E-state index in [2.05, 4.69) is 13.8 Å². The van der Waals surface area contributed by atoms with Gasteiger partial charge in [-0.3, -0.25) is 4.79 Å². The molecule has 0 unspecified atom stereocenters. The minimum absolute atomic E-state index is 0.0105. The molecule has 7 heteroatoms. The van der Waals surface area contributed by atoms with E-state index >= 15 is 0 Å². The summed E-state index contributed by atoms with van der Waals surface area (Å²) in [4.78, 5) is 14.7. The van der Waals surface area contributed by atoms with Gasteiger partial charge in [0.15, 0.2) is 5.78 Å². The highest BCUT2D eigenvalue weighted by Gasteiger charge is 2.28. The molecule has 0 saturated carbocycles. The maximum atomic E-state index is 13.7. The normalized spacial score (nSPS) is 10.7. The predicted octanol–water partition coefficient (Wildman–Crippen LogP) is 7.20. The summed E-state index contributed by atoms with van der Waals surface area (Å²) in [5, 5.41) is 0. The van der Waals surface area contributed by atoms with Crippen LogP contribution >= 0.6 is 47.1 Å². The van der Waals surface area contributed by atoms with Crippen LogP contribution in [0.4, 0.5) is 0 Å². The molecule has 1 heterocycles. The molecule has 3 rings (SSSR count). The molecule has 162 valence electrons. The lowest BCUT2D eigenvalue weighted by Crippen LogP contribution is -2.08. The monoisotopic (exact) mass is 488 g/mol. The van der Waals surface area contributed by atoms with Gasteiger partial charge in [0, 0.05) is 16.0 Å². The van der Waals surface area contributed by atoms with Gasteiger partial charge in [0.05, 0.1) is 28.2 Å². The lowest BCUT2D eigenvalue weighted by Gasteiger charge is -2.10.